The SMILES string of the molecule is CCO[SiH](OCC)[Si](CCc1cc(C)c(OC)c(C)c1)([Si]([SiH3])([SiH3])[SiH3])[Si]([SiH3])([SiH3])OCC. The maximum atomic E-state index is 6.85. The molecule has 0 aliphatic heterocycles. The summed E-state index contributed by atoms with van der Waals surface area (Å²) >= 11 is 0. The molecule has 0 saturated carbocycles. The normalized spacial score (nSPS) is 18.5. The van der Waals surface area contributed by atoms with Gasteiger partial charge in [-0.25, -0.2) is 0 Å². The summed E-state index contributed by atoms with van der Waals surface area (Å²) in [6.07, 6.45) is 0.0926. The standard InChI is InChI=1S/C17H46O4Si9/c1-7-19-27(20-8-2)28(30(24,25)26,29(22,23)21-9-3)11-10-16-12-14(4)17(18-6)15(5)13-16/h12-13,27H,7-11H2,1-6,22-26H3. The second-order valence-electron chi connectivity index (χ2n) is 9.67. The summed E-state index contributed by atoms with van der Waals surface area (Å²) in [4.78, 5) is 0. The van der Waals surface area contributed by atoms with Gasteiger partial charge in [-0.15, -0.1) is 0 Å². The molecule has 0 fully saturated rings. The van der Waals surface area contributed by atoms with Gasteiger partial charge < -0.3 is 18.0 Å². The van der Waals surface area contributed by atoms with E-state index >= 15 is 0 Å². The molecular weight excluding hydrogens is 521 g/mol. The molecule has 1 unspecified atom stereocenters. The van der Waals surface area contributed by atoms with Crippen LogP contribution in [0.2, 0.25) is 6.04 Å². The molecule has 1 atom stereocenters. The lowest BCUT2D eigenvalue weighted by Gasteiger charge is -2.53. The molecule has 0 bridgehead atoms. The molecule has 0 radical (unpaired) electrons. The second-order valence-corrected chi connectivity index (χ2v) is 117. The van der Waals surface area contributed by atoms with Crippen LogP contribution < -0.4 is 4.74 Å². The molecule has 0 saturated heterocycles. The van der Waals surface area contributed by atoms with Crippen LogP contribution in [0.4, 0.5) is 0 Å². The summed E-state index contributed by atoms with van der Waals surface area (Å²) in [6.45, 7) is 10.3. The lowest BCUT2D eigenvalue weighted by atomic mass is 10.0. The monoisotopic (exact) mass is 566 g/mol. The van der Waals surface area contributed by atoms with E-state index in [1.54, 1.807) is 7.11 Å². The van der Waals surface area contributed by atoms with Crippen molar-refractivity contribution in [3.8, 4) is 5.75 Å². The van der Waals surface area contributed by atoms with Crippen molar-refractivity contribution >= 4 is 77.2 Å². The van der Waals surface area contributed by atoms with Crippen LogP contribution in [-0.4, -0.2) is 104 Å². The highest BCUT2D eigenvalue weighted by Crippen LogP contribution is 2.32. The third-order valence-corrected chi connectivity index (χ3v) is 157. The topological polar surface area (TPSA) is 36.9 Å². The first-order valence-electron chi connectivity index (χ1n) is 11.4. The molecule has 0 aliphatic carbocycles. The fraction of sp³-hybridized carbons (Fsp3) is 0.647. The summed E-state index contributed by atoms with van der Waals surface area (Å²) in [6, 6.07) is 6.12. The van der Waals surface area contributed by atoms with Crippen LogP contribution in [-0.2, 0) is 19.7 Å². The molecule has 0 spiro atoms. The van der Waals surface area contributed by atoms with Gasteiger partial charge in [0.25, 0.3) is 8.80 Å². The molecule has 1 rings (SSSR count). The summed E-state index contributed by atoms with van der Waals surface area (Å²) in [5.74, 6) is 1.04. The molecule has 1 aromatic rings. The van der Waals surface area contributed by atoms with Gasteiger partial charge in [0.15, 0.2) is 0 Å². The zero-order valence-corrected chi connectivity index (χ0v) is 35.6. The Morgan fingerprint density at radius 3 is 1.73 bits per heavy atom. The highest BCUT2D eigenvalue weighted by Gasteiger charge is 2.64. The van der Waals surface area contributed by atoms with Crippen LogP contribution in [0.25, 0.3) is 0 Å². The number of hydrogen-bond donors (Lipinski definition) is 0. The van der Waals surface area contributed by atoms with Crippen molar-refractivity contribution in [1.29, 1.82) is 0 Å². The van der Waals surface area contributed by atoms with Gasteiger partial charge in [0.05, 0.1) is 7.11 Å². The van der Waals surface area contributed by atoms with Gasteiger partial charge in [0.2, 0.25) is 0 Å². The van der Waals surface area contributed by atoms with E-state index in [9.17, 15) is 0 Å². The predicted octanol–water partition coefficient (Wildman–Crippen LogP) is -3.43. The van der Waals surface area contributed by atoms with Gasteiger partial charge in [-0.05, 0) is 87.0 Å². The van der Waals surface area contributed by atoms with Gasteiger partial charge in [0.1, 0.15) is 19.2 Å². The van der Waals surface area contributed by atoms with Crippen molar-refractivity contribution < 1.29 is 18.0 Å². The molecule has 13 heteroatoms. The fourth-order valence-corrected chi connectivity index (χ4v) is 279. The summed E-state index contributed by atoms with van der Waals surface area (Å²) < 4.78 is 25.7. The van der Waals surface area contributed by atoms with E-state index in [1.807, 2.05) is 0 Å². The van der Waals surface area contributed by atoms with Crippen LogP contribution in [0.3, 0.4) is 0 Å². The van der Waals surface area contributed by atoms with E-state index < -0.39 is 28.4 Å². The molecular formula is C17H46O4Si9. The first kappa shape index (κ1) is 28.9. The Balaban J connectivity index is 3.51. The molecule has 30 heavy (non-hydrogen) atoms. The van der Waals surface area contributed by atoms with Crippen molar-refractivity contribution in [1.82, 2.24) is 0 Å². The molecule has 174 valence electrons. The van der Waals surface area contributed by atoms with E-state index in [2.05, 4.69) is 46.8 Å². The van der Waals surface area contributed by atoms with Gasteiger partial charge in [-0.1, -0.05) is 18.2 Å². The second kappa shape index (κ2) is 12.4. The zero-order valence-electron chi connectivity index (χ0n) is 21.4. The first-order valence-corrected chi connectivity index (χ1v) is 39.8. The molecule has 4 nitrogen and oxygen atoms in total. The number of rotatable bonds is 13. The molecule has 0 aliphatic rings. The van der Waals surface area contributed by atoms with E-state index in [4.69, 9.17) is 18.0 Å². The Hall–Kier alpha value is 0.852. The van der Waals surface area contributed by atoms with Crippen LogP contribution >= 0.6 is 0 Å². The highest BCUT2D eigenvalue weighted by atomic mass is 30.4. The van der Waals surface area contributed by atoms with Crippen molar-refractivity contribution in [2.24, 2.45) is 0 Å². The molecule has 1 aromatic carbocycles. The van der Waals surface area contributed by atoms with Crippen LogP contribution in [0, 0.1) is 13.8 Å². The molecule has 0 heterocycles. The molecule has 0 aromatic heterocycles. The van der Waals surface area contributed by atoms with Gasteiger partial charge in [-0.3, -0.25) is 0 Å². The maximum Gasteiger partial charge on any atom is 0.296 e. The Morgan fingerprint density at radius 1 is 0.867 bits per heavy atom. The Kier molecular flexibility index (Phi) is 11.9. The lowest BCUT2D eigenvalue weighted by Crippen LogP contribution is -2.89. The van der Waals surface area contributed by atoms with Crippen molar-refractivity contribution in [2.45, 2.75) is 47.1 Å². The number of aryl methyl sites for hydroxylation is 3. The smallest absolute Gasteiger partial charge is 0.296 e. The lowest BCUT2D eigenvalue weighted by molar-refractivity contribution is 0.229. The third-order valence-electron chi connectivity index (χ3n) is 6.49. The average Bonchev–Trinajstić information content (AvgIpc) is 2.60. The minimum Gasteiger partial charge on any atom is -0.496 e. The Labute approximate surface area is 203 Å². The fourth-order valence-electron chi connectivity index (χ4n) is 5.31. The van der Waals surface area contributed by atoms with Crippen LogP contribution in [0.5, 0.6) is 5.75 Å². The van der Waals surface area contributed by atoms with E-state index in [1.165, 1.54) is 78.0 Å². The predicted molar refractivity (Wildman–Crippen MR) is 160 cm³/mol. The van der Waals surface area contributed by atoms with Crippen molar-refractivity contribution in [2.75, 3.05) is 26.9 Å². The van der Waals surface area contributed by atoms with E-state index in [0.29, 0.717) is 0 Å². The quantitative estimate of drug-likeness (QED) is 0.233. The minimum absolute atomic E-state index is 0.821. The third kappa shape index (κ3) is 6.46. The zero-order chi connectivity index (χ0) is 23.2. The van der Waals surface area contributed by atoms with Crippen LogP contribution in [0.15, 0.2) is 12.1 Å². The largest absolute Gasteiger partial charge is 0.496 e. The number of methoxy groups -OCH3 is 1. The summed E-state index contributed by atoms with van der Waals surface area (Å²) in [5.41, 5.74) is 4.01. The number of hydrogen-bond acceptors (Lipinski definition) is 4. The average molecular weight is 567 g/mol. The Bertz CT molecular complexity index is 655. The minimum atomic E-state index is -1.66. The van der Waals surface area contributed by atoms with E-state index in [0.717, 1.165) is 25.6 Å². The van der Waals surface area contributed by atoms with Crippen molar-refractivity contribution in [3.63, 3.8) is 0 Å². The maximum absolute atomic E-state index is 6.85. The number of ether oxygens (including phenoxy) is 1. The van der Waals surface area contributed by atoms with Gasteiger partial charge in [-0.2, -0.15) is 0 Å². The summed E-state index contributed by atoms with van der Waals surface area (Å²) in [5, 5.41) is 0. The van der Waals surface area contributed by atoms with Gasteiger partial charge in [0, 0.05) is 45.5 Å². The Morgan fingerprint density at radius 2 is 1.37 bits per heavy atom. The van der Waals surface area contributed by atoms with Crippen LogP contribution in [0.1, 0.15) is 37.5 Å². The van der Waals surface area contributed by atoms with Crippen molar-refractivity contribution in [3.05, 3.63) is 28.8 Å². The highest BCUT2D eigenvalue weighted by molar-refractivity contribution is 8.11. The molecule has 0 N–H and O–H groups in total. The van der Waals surface area contributed by atoms with Gasteiger partial charge >= 0.3 is 0 Å². The summed E-state index contributed by atoms with van der Waals surface area (Å²) in [7, 11) is 6.98. The first-order chi connectivity index (χ1) is 13.9. The molecule has 0 amide bonds. The number of benzene rings is 1. The van der Waals surface area contributed by atoms with E-state index in [-0.39, 0.29) is 0 Å².